The van der Waals surface area contributed by atoms with Gasteiger partial charge < -0.3 is 4.74 Å². The van der Waals surface area contributed by atoms with Crippen molar-refractivity contribution in [3.8, 4) is 0 Å². The van der Waals surface area contributed by atoms with E-state index in [-0.39, 0.29) is 18.4 Å². The first-order valence-electron chi connectivity index (χ1n) is 5.63. The Morgan fingerprint density at radius 2 is 1.72 bits per heavy atom. The number of carbonyl (C=O) groups is 3. The van der Waals surface area contributed by atoms with Crippen molar-refractivity contribution in [2.75, 3.05) is 6.54 Å². The molecule has 0 unspecified atom stereocenters. The van der Waals surface area contributed by atoms with Gasteiger partial charge in [0.15, 0.2) is 0 Å². The number of carbonyl (C=O) groups excluding carboxylic acids is 3. The van der Waals surface area contributed by atoms with Crippen LogP contribution in [-0.2, 0) is 9.53 Å². The summed E-state index contributed by atoms with van der Waals surface area (Å²) in [4.78, 5) is 35.9. The normalized spacial score (nSPS) is 15.6. The molecule has 5 nitrogen and oxygen atoms in total. The highest BCUT2D eigenvalue weighted by Crippen LogP contribution is 2.22. The van der Waals surface area contributed by atoms with Crippen molar-refractivity contribution >= 4 is 17.8 Å². The van der Waals surface area contributed by atoms with Crippen LogP contribution in [0.25, 0.3) is 0 Å². The first-order valence-corrected chi connectivity index (χ1v) is 5.63. The number of benzene rings is 1. The van der Waals surface area contributed by atoms with Crippen LogP contribution in [0.15, 0.2) is 24.3 Å². The van der Waals surface area contributed by atoms with Crippen LogP contribution in [0.2, 0.25) is 0 Å². The lowest BCUT2D eigenvalue weighted by Crippen LogP contribution is -2.37. The maximum Gasteiger partial charge on any atom is 0.302 e. The van der Waals surface area contributed by atoms with E-state index in [9.17, 15) is 14.4 Å². The van der Waals surface area contributed by atoms with E-state index in [0.717, 1.165) is 4.90 Å². The van der Waals surface area contributed by atoms with Crippen LogP contribution in [0.4, 0.5) is 0 Å². The minimum Gasteiger partial charge on any atom is -0.461 e. The Hall–Kier alpha value is -2.17. The quantitative estimate of drug-likeness (QED) is 0.595. The summed E-state index contributed by atoms with van der Waals surface area (Å²) in [6, 6.07) is 6.66. The number of amides is 2. The summed E-state index contributed by atoms with van der Waals surface area (Å²) in [5.74, 6) is -1.11. The van der Waals surface area contributed by atoms with E-state index in [1.165, 1.54) is 6.92 Å². The highest BCUT2D eigenvalue weighted by Gasteiger charge is 2.36. The van der Waals surface area contributed by atoms with E-state index in [4.69, 9.17) is 4.74 Å². The van der Waals surface area contributed by atoms with Crippen LogP contribution in [0, 0.1) is 0 Å². The van der Waals surface area contributed by atoms with Gasteiger partial charge in [0.25, 0.3) is 11.8 Å². The number of esters is 1. The average Bonchev–Trinajstić information content (AvgIpc) is 2.54. The molecular weight excluding hydrogens is 234 g/mol. The lowest BCUT2D eigenvalue weighted by Gasteiger charge is -2.18. The highest BCUT2D eigenvalue weighted by atomic mass is 16.5. The maximum absolute atomic E-state index is 12.0. The monoisotopic (exact) mass is 247 g/mol. The van der Waals surface area contributed by atoms with Gasteiger partial charge in [-0.1, -0.05) is 12.1 Å². The Kier molecular flexibility index (Phi) is 3.14. The molecule has 0 saturated heterocycles. The fourth-order valence-corrected chi connectivity index (χ4v) is 1.98. The molecule has 1 aromatic rings. The summed E-state index contributed by atoms with van der Waals surface area (Å²) in [5, 5.41) is 0. The van der Waals surface area contributed by atoms with Crippen LogP contribution >= 0.6 is 0 Å². The molecule has 0 bridgehead atoms. The molecule has 1 heterocycles. The van der Waals surface area contributed by atoms with Gasteiger partial charge >= 0.3 is 5.97 Å². The van der Waals surface area contributed by atoms with Gasteiger partial charge in [-0.25, -0.2) is 0 Å². The van der Waals surface area contributed by atoms with E-state index < -0.39 is 12.1 Å². The third kappa shape index (κ3) is 2.11. The van der Waals surface area contributed by atoms with Crippen molar-refractivity contribution in [3.63, 3.8) is 0 Å². The van der Waals surface area contributed by atoms with Crippen molar-refractivity contribution in [2.24, 2.45) is 0 Å². The zero-order valence-electron chi connectivity index (χ0n) is 10.2. The fourth-order valence-electron chi connectivity index (χ4n) is 1.98. The first-order chi connectivity index (χ1) is 8.50. The standard InChI is InChI=1S/C13H13NO4/c1-8(18-9(2)15)7-14-12(16)10-5-3-4-6-11(10)13(14)17/h3-6,8H,7H2,1-2H3/t8-/m1/s1. The molecule has 1 atom stereocenters. The summed E-state index contributed by atoms with van der Waals surface area (Å²) in [5.41, 5.74) is 0.801. The van der Waals surface area contributed by atoms with Crippen molar-refractivity contribution in [3.05, 3.63) is 35.4 Å². The molecule has 94 valence electrons. The Morgan fingerprint density at radius 3 is 2.17 bits per heavy atom. The lowest BCUT2D eigenvalue weighted by atomic mass is 10.1. The molecule has 0 fully saturated rings. The number of hydrogen-bond acceptors (Lipinski definition) is 4. The third-order valence-corrected chi connectivity index (χ3v) is 2.69. The number of fused-ring (bicyclic) bond motifs is 1. The SMILES string of the molecule is CC(=O)O[C@H](C)CN1C(=O)c2ccccc2C1=O. The lowest BCUT2D eigenvalue weighted by molar-refractivity contribution is -0.145. The second kappa shape index (κ2) is 4.60. The van der Waals surface area contributed by atoms with Gasteiger partial charge in [0.2, 0.25) is 0 Å². The van der Waals surface area contributed by atoms with Gasteiger partial charge in [0, 0.05) is 6.92 Å². The summed E-state index contributed by atoms with van der Waals surface area (Å²) in [7, 11) is 0. The second-order valence-corrected chi connectivity index (χ2v) is 4.19. The Labute approximate surface area is 104 Å². The summed E-state index contributed by atoms with van der Waals surface area (Å²) < 4.78 is 4.92. The van der Waals surface area contributed by atoms with Gasteiger partial charge in [-0.15, -0.1) is 0 Å². The van der Waals surface area contributed by atoms with E-state index in [1.807, 2.05) is 0 Å². The minimum atomic E-state index is -0.510. The second-order valence-electron chi connectivity index (χ2n) is 4.19. The zero-order valence-corrected chi connectivity index (χ0v) is 10.2. The topological polar surface area (TPSA) is 63.7 Å². The van der Waals surface area contributed by atoms with E-state index in [0.29, 0.717) is 11.1 Å². The van der Waals surface area contributed by atoms with Crippen LogP contribution in [0.3, 0.4) is 0 Å². The number of nitrogens with zero attached hydrogens (tertiary/aromatic N) is 1. The molecule has 1 aliphatic heterocycles. The average molecular weight is 247 g/mol. The van der Waals surface area contributed by atoms with Crippen LogP contribution < -0.4 is 0 Å². The predicted molar refractivity (Wildman–Crippen MR) is 63.0 cm³/mol. The fraction of sp³-hybridized carbons (Fsp3) is 0.308. The smallest absolute Gasteiger partial charge is 0.302 e. The van der Waals surface area contributed by atoms with Gasteiger partial charge in [0.1, 0.15) is 6.10 Å². The Bertz CT molecular complexity index is 488. The van der Waals surface area contributed by atoms with Gasteiger partial charge in [-0.05, 0) is 19.1 Å². The molecule has 1 aromatic carbocycles. The molecule has 0 spiro atoms. The van der Waals surface area contributed by atoms with Crippen molar-refractivity contribution in [1.29, 1.82) is 0 Å². The third-order valence-electron chi connectivity index (χ3n) is 2.69. The maximum atomic E-state index is 12.0. The molecule has 0 aliphatic carbocycles. The number of hydrogen-bond donors (Lipinski definition) is 0. The molecular formula is C13H13NO4. The summed E-state index contributed by atoms with van der Waals surface area (Å²) in [6.45, 7) is 3.01. The Morgan fingerprint density at radius 1 is 1.22 bits per heavy atom. The summed E-state index contributed by atoms with van der Waals surface area (Å²) >= 11 is 0. The van der Waals surface area contributed by atoms with Gasteiger partial charge in [-0.3, -0.25) is 19.3 Å². The van der Waals surface area contributed by atoms with E-state index in [1.54, 1.807) is 31.2 Å². The number of rotatable bonds is 3. The zero-order chi connectivity index (χ0) is 13.3. The Balaban J connectivity index is 2.16. The molecule has 2 amide bonds. The van der Waals surface area contributed by atoms with Crippen molar-refractivity contribution < 1.29 is 19.1 Å². The van der Waals surface area contributed by atoms with Gasteiger partial charge in [0.05, 0.1) is 17.7 Å². The minimum absolute atomic E-state index is 0.0753. The van der Waals surface area contributed by atoms with Gasteiger partial charge in [-0.2, -0.15) is 0 Å². The number of imide groups is 1. The largest absolute Gasteiger partial charge is 0.461 e. The van der Waals surface area contributed by atoms with E-state index in [2.05, 4.69) is 0 Å². The molecule has 0 saturated carbocycles. The van der Waals surface area contributed by atoms with Crippen molar-refractivity contribution in [1.82, 2.24) is 4.90 Å². The predicted octanol–water partition coefficient (Wildman–Crippen LogP) is 1.23. The number of ether oxygens (including phenoxy) is 1. The highest BCUT2D eigenvalue weighted by molar-refractivity contribution is 6.21. The van der Waals surface area contributed by atoms with Crippen LogP contribution in [-0.4, -0.2) is 35.3 Å². The molecule has 5 heteroatoms. The molecule has 18 heavy (non-hydrogen) atoms. The van der Waals surface area contributed by atoms with Crippen molar-refractivity contribution in [2.45, 2.75) is 20.0 Å². The van der Waals surface area contributed by atoms with E-state index >= 15 is 0 Å². The van der Waals surface area contributed by atoms with Crippen LogP contribution in [0.1, 0.15) is 34.6 Å². The first kappa shape index (κ1) is 12.3. The molecule has 0 N–H and O–H groups in total. The molecule has 0 radical (unpaired) electrons. The molecule has 0 aromatic heterocycles. The van der Waals surface area contributed by atoms with Crippen LogP contribution in [0.5, 0.6) is 0 Å². The molecule has 1 aliphatic rings. The molecule has 2 rings (SSSR count). The summed E-state index contributed by atoms with van der Waals surface area (Å²) in [6.07, 6.45) is -0.510.